The van der Waals surface area contributed by atoms with Gasteiger partial charge in [-0.1, -0.05) is 41.5 Å². The van der Waals surface area contributed by atoms with Crippen LogP contribution in [0.4, 0.5) is 16.2 Å². The molecule has 202 valence electrons. The molecule has 0 saturated carbocycles. The van der Waals surface area contributed by atoms with Gasteiger partial charge in [0.1, 0.15) is 5.60 Å². The molecule has 1 amide bonds. The third-order valence-electron chi connectivity index (χ3n) is 7.14. The van der Waals surface area contributed by atoms with E-state index in [9.17, 15) is 4.79 Å². The molecular weight excluding hydrogens is 472 g/mol. The Morgan fingerprint density at radius 1 is 0.771 bits per heavy atom. The SMILES string of the molecule is CC(C)(C)OC(=O)Nc1ccc(N(CCO[Si](C)(C)C(C)(C)C)CCO[Si](C)(C)C(C)(C)C)cc1. The number of rotatable bonds is 10. The first-order valence-corrected chi connectivity index (χ1v) is 18.6. The van der Waals surface area contributed by atoms with Crippen molar-refractivity contribution in [3.63, 3.8) is 0 Å². The number of nitrogens with zero attached hydrogens (tertiary/aromatic N) is 1. The zero-order chi connectivity index (χ0) is 27.3. The van der Waals surface area contributed by atoms with Crippen LogP contribution in [0.15, 0.2) is 24.3 Å². The molecule has 0 aliphatic heterocycles. The van der Waals surface area contributed by atoms with Gasteiger partial charge < -0.3 is 18.5 Å². The largest absolute Gasteiger partial charge is 0.444 e. The summed E-state index contributed by atoms with van der Waals surface area (Å²) in [4.78, 5) is 14.4. The molecule has 0 aliphatic carbocycles. The van der Waals surface area contributed by atoms with Crippen LogP contribution in [0.3, 0.4) is 0 Å². The maximum atomic E-state index is 12.1. The third kappa shape index (κ3) is 10.7. The van der Waals surface area contributed by atoms with E-state index in [4.69, 9.17) is 13.6 Å². The van der Waals surface area contributed by atoms with Crippen LogP contribution in [0, 0.1) is 0 Å². The average Bonchev–Trinajstić information content (AvgIpc) is 2.64. The van der Waals surface area contributed by atoms with E-state index in [1.165, 1.54) is 0 Å². The minimum Gasteiger partial charge on any atom is -0.444 e. The van der Waals surface area contributed by atoms with Crippen LogP contribution in [0.25, 0.3) is 0 Å². The van der Waals surface area contributed by atoms with Gasteiger partial charge in [0.2, 0.25) is 0 Å². The molecule has 0 spiro atoms. The Balaban J connectivity index is 2.92. The summed E-state index contributed by atoms with van der Waals surface area (Å²) < 4.78 is 18.3. The van der Waals surface area contributed by atoms with Crippen LogP contribution in [0.5, 0.6) is 0 Å². The monoisotopic (exact) mass is 524 g/mol. The Bertz CT molecular complexity index is 772. The Hall–Kier alpha value is -1.36. The van der Waals surface area contributed by atoms with Crippen LogP contribution in [-0.4, -0.2) is 54.6 Å². The molecule has 0 aliphatic rings. The van der Waals surface area contributed by atoms with Gasteiger partial charge in [-0.2, -0.15) is 0 Å². The Kier molecular flexibility index (Phi) is 10.7. The fourth-order valence-corrected chi connectivity index (χ4v) is 4.87. The summed E-state index contributed by atoms with van der Waals surface area (Å²) in [5, 5.41) is 3.16. The summed E-state index contributed by atoms with van der Waals surface area (Å²) in [6.45, 7) is 31.2. The molecule has 1 N–H and O–H groups in total. The van der Waals surface area contributed by atoms with E-state index in [0.29, 0.717) is 18.9 Å². The predicted molar refractivity (Wildman–Crippen MR) is 155 cm³/mol. The number of amides is 1. The molecule has 0 heterocycles. The van der Waals surface area contributed by atoms with Crippen LogP contribution in [-0.2, 0) is 13.6 Å². The van der Waals surface area contributed by atoms with E-state index >= 15 is 0 Å². The lowest BCUT2D eigenvalue weighted by molar-refractivity contribution is 0.0636. The zero-order valence-corrected chi connectivity index (χ0v) is 26.7. The summed E-state index contributed by atoms with van der Waals surface area (Å²) in [6.07, 6.45) is -0.451. The molecule has 0 fully saturated rings. The van der Waals surface area contributed by atoms with Gasteiger partial charge in [0.25, 0.3) is 0 Å². The highest BCUT2D eigenvalue weighted by molar-refractivity contribution is 6.74. The first-order chi connectivity index (χ1) is 15.6. The number of hydrogen-bond donors (Lipinski definition) is 1. The van der Waals surface area contributed by atoms with Gasteiger partial charge in [0, 0.05) is 24.5 Å². The predicted octanol–water partition coefficient (Wildman–Crippen LogP) is 7.88. The third-order valence-corrected chi connectivity index (χ3v) is 16.2. The van der Waals surface area contributed by atoms with Crippen molar-refractivity contribution in [2.24, 2.45) is 0 Å². The quantitative estimate of drug-likeness (QED) is 0.315. The normalized spacial score (nSPS) is 13.5. The van der Waals surface area contributed by atoms with Gasteiger partial charge in [-0.05, 0) is 81.3 Å². The molecule has 0 radical (unpaired) electrons. The number of carbonyl (C=O) groups excluding carboxylic acids is 1. The zero-order valence-electron chi connectivity index (χ0n) is 24.7. The van der Waals surface area contributed by atoms with Crippen molar-refractivity contribution in [2.45, 2.75) is 104 Å². The minimum absolute atomic E-state index is 0.179. The number of nitrogens with one attached hydrogen (secondary N) is 1. The van der Waals surface area contributed by atoms with Gasteiger partial charge in [-0.3, -0.25) is 5.32 Å². The van der Waals surface area contributed by atoms with Gasteiger partial charge in [0.05, 0.1) is 13.2 Å². The topological polar surface area (TPSA) is 60.0 Å². The number of hydrogen-bond acceptors (Lipinski definition) is 5. The van der Waals surface area contributed by atoms with Gasteiger partial charge in [-0.25, -0.2) is 4.79 Å². The van der Waals surface area contributed by atoms with Crippen LogP contribution in [0.1, 0.15) is 62.3 Å². The fraction of sp³-hybridized carbons (Fsp3) is 0.741. The Labute approximate surface area is 217 Å². The number of benzene rings is 1. The second kappa shape index (κ2) is 11.8. The standard InChI is InChI=1S/C27H52N2O4Si2/c1-25(2,3)33-24(30)28-22-14-16-23(17-15-22)29(18-20-31-34(10,11)26(4,5)6)19-21-32-35(12,13)27(7,8)9/h14-17H,18-21H2,1-13H3,(H,28,30). The summed E-state index contributed by atoms with van der Waals surface area (Å²) in [7, 11) is -3.64. The Morgan fingerprint density at radius 2 is 1.17 bits per heavy atom. The van der Waals surface area contributed by atoms with E-state index in [-0.39, 0.29) is 10.1 Å². The van der Waals surface area contributed by atoms with E-state index in [1.807, 2.05) is 45.0 Å². The lowest BCUT2D eigenvalue weighted by Gasteiger charge is -2.38. The lowest BCUT2D eigenvalue weighted by atomic mass is 10.2. The van der Waals surface area contributed by atoms with Gasteiger partial charge >= 0.3 is 6.09 Å². The number of carbonyl (C=O) groups is 1. The first-order valence-electron chi connectivity index (χ1n) is 12.8. The lowest BCUT2D eigenvalue weighted by Crippen LogP contribution is -2.44. The number of anilines is 2. The average molecular weight is 525 g/mol. The number of ether oxygens (including phenoxy) is 1. The van der Waals surface area contributed by atoms with Crippen LogP contribution < -0.4 is 10.2 Å². The molecule has 0 bridgehead atoms. The Morgan fingerprint density at radius 3 is 1.51 bits per heavy atom. The highest BCUT2D eigenvalue weighted by Gasteiger charge is 2.38. The maximum absolute atomic E-state index is 12.1. The highest BCUT2D eigenvalue weighted by Crippen LogP contribution is 2.37. The van der Waals surface area contributed by atoms with E-state index < -0.39 is 28.3 Å². The van der Waals surface area contributed by atoms with Crippen LogP contribution in [0.2, 0.25) is 36.3 Å². The van der Waals surface area contributed by atoms with Gasteiger partial charge in [0.15, 0.2) is 16.6 Å². The summed E-state index contributed by atoms with van der Waals surface area (Å²) in [5.41, 5.74) is 1.25. The van der Waals surface area contributed by atoms with E-state index in [2.05, 4.69) is 77.9 Å². The van der Waals surface area contributed by atoms with E-state index in [0.717, 1.165) is 18.8 Å². The molecule has 1 aromatic carbocycles. The molecule has 0 unspecified atom stereocenters. The molecule has 0 saturated heterocycles. The van der Waals surface area contributed by atoms with Crippen molar-refractivity contribution >= 4 is 34.1 Å². The molecule has 0 aromatic heterocycles. The van der Waals surface area contributed by atoms with Crippen molar-refractivity contribution in [3.8, 4) is 0 Å². The van der Waals surface area contributed by atoms with Crippen molar-refractivity contribution in [2.75, 3.05) is 36.5 Å². The molecule has 8 heteroatoms. The summed E-state index contributed by atoms with van der Waals surface area (Å²) >= 11 is 0. The smallest absolute Gasteiger partial charge is 0.412 e. The van der Waals surface area contributed by atoms with Crippen molar-refractivity contribution < 1.29 is 18.4 Å². The second-order valence-corrected chi connectivity index (χ2v) is 23.0. The second-order valence-electron chi connectivity index (χ2n) is 13.4. The highest BCUT2D eigenvalue weighted by atomic mass is 28.4. The van der Waals surface area contributed by atoms with E-state index in [1.54, 1.807) is 0 Å². The minimum atomic E-state index is -1.82. The van der Waals surface area contributed by atoms with Crippen molar-refractivity contribution in [1.82, 2.24) is 0 Å². The molecule has 6 nitrogen and oxygen atoms in total. The fourth-order valence-electron chi connectivity index (χ4n) is 2.80. The molecule has 0 atom stereocenters. The molecule has 35 heavy (non-hydrogen) atoms. The first kappa shape index (κ1) is 31.7. The van der Waals surface area contributed by atoms with Crippen LogP contribution >= 0.6 is 0 Å². The summed E-state index contributed by atoms with van der Waals surface area (Å²) in [5.74, 6) is 0. The molecular formula is C27H52N2O4Si2. The van der Waals surface area contributed by atoms with Crippen molar-refractivity contribution in [1.29, 1.82) is 0 Å². The summed E-state index contributed by atoms with van der Waals surface area (Å²) in [6, 6.07) is 7.89. The maximum Gasteiger partial charge on any atom is 0.412 e. The van der Waals surface area contributed by atoms with Crippen molar-refractivity contribution in [3.05, 3.63) is 24.3 Å². The molecule has 1 rings (SSSR count). The van der Waals surface area contributed by atoms with Gasteiger partial charge in [-0.15, -0.1) is 0 Å². The molecule has 1 aromatic rings.